The van der Waals surface area contributed by atoms with Gasteiger partial charge in [-0.1, -0.05) is 13.3 Å². The highest BCUT2D eigenvalue weighted by Gasteiger charge is 2.13. The van der Waals surface area contributed by atoms with Gasteiger partial charge in [-0.05, 0) is 37.9 Å². The van der Waals surface area contributed by atoms with Crippen molar-refractivity contribution in [3.8, 4) is 0 Å². The number of nitrogens with zero attached hydrogens (tertiary/aromatic N) is 3. The molecule has 1 aromatic heterocycles. The fourth-order valence-corrected chi connectivity index (χ4v) is 2.32. The van der Waals surface area contributed by atoms with Gasteiger partial charge in [0.25, 0.3) is 0 Å². The van der Waals surface area contributed by atoms with E-state index in [9.17, 15) is 0 Å². The van der Waals surface area contributed by atoms with Gasteiger partial charge in [0.1, 0.15) is 12.1 Å². The Labute approximate surface area is 103 Å². The molecule has 0 aliphatic carbocycles. The minimum absolute atomic E-state index is 0.656. The van der Waals surface area contributed by atoms with Crippen LogP contribution in [0.5, 0.6) is 0 Å². The maximum Gasteiger partial charge on any atom is 0.129 e. The number of hydrogen-bond acceptors (Lipinski definition) is 4. The second kappa shape index (κ2) is 6.55. The molecule has 0 aromatic carbocycles. The first kappa shape index (κ1) is 12.3. The number of rotatable bonds is 5. The molecule has 4 heteroatoms. The van der Waals surface area contributed by atoms with Crippen molar-refractivity contribution in [1.29, 1.82) is 0 Å². The van der Waals surface area contributed by atoms with Crippen LogP contribution in [-0.4, -0.2) is 41.0 Å². The molecule has 94 valence electrons. The van der Waals surface area contributed by atoms with Crippen LogP contribution in [0.2, 0.25) is 0 Å². The van der Waals surface area contributed by atoms with Gasteiger partial charge in [-0.3, -0.25) is 0 Å². The van der Waals surface area contributed by atoms with E-state index in [4.69, 9.17) is 0 Å². The van der Waals surface area contributed by atoms with Crippen LogP contribution in [0.15, 0.2) is 18.6 Å². The first-order valence-electron chi connectivity index (χ1n) is 6.57. The third-order valence-electron chi connectivity index (χ3n) is 3.23. The lowest BCUT2D eigenvalue weighted by molar-refractivity contribution is 0.204. The van der Waals surface area contributed by atoms with E-state index in [2.05, 4.69) is 27.1 Å². The Bertz CT molecular complexity index is 308. The predicted molar refractivity (Wildman–Crippen MR) is 70.0 cm³/mol. The van der Waals surface area contributed by atoms with Crippen LogP contribution in [0, 0.1) is 5.92 Å². The van der Waals surface area contributed by atoms with Gasteiger partial charge in [0.05, 0.1) is 0 Å². The number of nitrogens with one attached hydrogen (secondary N) is 1. The monoisotopic (exact) mass is 234 g/mol. The Hall–Kier alpha value is -1.16. The van der Waals surface area contributed by atoms with Crippen LogP contribution in [0.4, 0.5) is 5.82 Å². The summed E-state index contributed by atoms with van der Waals surface area (Å²) in [6.07, 6.45) is 7.49. The molecule has 4 nitrogen and oxygen atoms in total. The normalized spacial score (nSPS) is 18.9. The molecule has 1 aromatic rings. The SMILES string of the molecule is CC(CNc1ccncn1)CN1CCCCC1. The molecule has 0 radical (unpaired) electrons. The molecular formula is C13H22N4. The largest absolute Gasteiger partial charge is 0.370 e. The van der Waals surface area contributed by atoms with Crippen LogP contribution in [-0.2, 0) is 0 Å². The molecule has 1 N–H and O–H groups in total. The lowest BCUT2D eigenvalue weighted by atomic mass is 10.1. The third-order valence-corrected chi connectivity index (χ3v) is 3.23. The molecule has 0 bridgehead atoms. The minimum Gasteiger partial charge on any atom is -0.370 e. The average Bonchev–Trinajstić information content (AvgIpc) is 2.39. The first-order chi connectivity index (χ1) is 8.34. The molecule has 1 atom stereocenters. The molecule has 0 amide bonds. The van der Waals surface area contributed by atoms with Gasteiger partial charge in [-0.25, -0.2) is 9.97 Å². The molecule has 0 spiro atoms. The van der Waals surface area contributed by atoms with Crippen molar-refractivity contribution in [1.82, 2.24) is 14.9 Å². The molecule has 1 saturated heterocycles. The fourth-order valence-electron chi connectivity index (χ4n) is 2.32. The summed E-state index contributed by atoms with van der Waals surface area (Å²) in [4.78, 5) is 10.6. The summed E-state index contributed by atoms with van der Waals surface area (Å²) < 4.78 is 0. The first-order valence-corrected chi connectivity index (χ1v) is 6.57. The topological polar surface area (TPSA) is 41.1 Å². The van der Waals surface area contributed by atoms with Crippen molar-refractivity contribution in [2.45, 2.75) is 26.2 Å². The lowest BCUT2D eigenvalue weighted by Crippen LogP contribution is -2.35. The molecule has 1 fully saturated rings. The van der Waals surface area contributed by atoms with Gasteiger partial charge in [0.15, 0.2) is 0 Å². The highest BCUT2D eigenvalue weighted by Crippen LogP contribution is 2.11. The van der Waals surface area contributed by atoms with Crippen LogP contribution in [0.3, 0.4) is 0 Å². The maximum atomic E-state index is 4.16. The zero-order chi connectivity index (χ0) is 11.9. The smallest absolute Gasteiger partial charge is 0.129 e. The molecule has 1 aliphatic rings. The van der Waals surface area contributed by atoms with Crippen molar-refractivity contribution in [3.63, 3.8) is 0 Å². The Balaban J connectivity index is 1.68. The van der Waals surface area contributed by atoms with Gasteiger partial charge < -0.3 is 10.2 Å². The number of piperidine rings is 1. The van der Waals surface area contributed by atoms with E-state index in [0.717, 1.165) is 12.4 Å². The van der Waals surface area contributed by atoms with Gasteiger partial charge in [0, 0.05) is 19.3 Å². The van der Waals surface area contributed by atoms with Crippen LogP contribution in [0.1, 0.15) is 26.2 Å². The van der Waals surface area contributed by atoms with Gasteiger partial charge in [-0.15, -0.1) is 0 Å². The Kier molecular flexibility index (Phi) is 4.74. The summed E-state index contributed by atoms with van der Waals surface area (Å²) in [6, 6.07) is 1.91. The van der Waals surface area contributed by atoms with Gasteiger partial charge in [-0.2, -0.15) is 0 Å². The Morgan fingerprint density at radius 2 is 2.18 bits per heavy atom. The van der Waals surface area contributed by atoms with Gasteiger partial charge >= 0.3 is 0 Å². The van der Waals surface area contributed by atoms with E-state index in [1.165, 1.54) is 38.9 Å². The summed E-state index contributed by atoms with van der Waals surface area (Å²) in [6.45, 7) is 7.02. The van der Waals surface area contributed by atoms with Crippen molar-refractivity contribution in [3.05, 3.63) is 18.6 Å². The van der Waals surface area contributed by atoms with Crippen molar-refractivity contribution in [2.75, 3.05) is 31.5 Å². The molecule has 1 aliphatic heterocycles. The number of likely N-dealkylation sites (tertiary alicyclic amines) is 1. The predicted octanol–water partition coefficient (Wildman–Crippen LogP) is 2.01. The fraction of sp³-hybridized carbons (Fsp3) is 0.692. The van der Waals surface area contributed by atoms with E-state index in [0.29, 0.717) is 5.92 Å². The zero-order valence-corrected chi connectivity index (χ0v) is 10.6. The Morgan fingerprint density at radius 3 is 2.88 bits per heavy atom. The van der Waals surface area contributed by atoms with Crippen molar-refractivity contribution in [2.24, 2.45) is 5.92 Å². The zero-order valence-electron chi connectivity index (χ0n) is 10.6. The molecule has 2 rings (SSSR count). The highest BCUT2D eigenvalue weighted by molar-refractivity contribution is 5.31. The standard InChI is InChI=1S/C13H22N4/c1-12(10-17-7-3-2-4-8-17)9-15-13-5-6-14-11-16-13/h5-6,11-12H,2-4,7-10H2,1H3,(H,14,15,16). The van der Waals surface area contributed by atoms with Crippen molar-refractivity contribution >= 4 is 5.82 Å². The van der Waals surface area contributed by atoms with Crippen LogP contribution < -0.4 is 5.32 Å². The number of hydrogen-bond donors (Lipinski definition) is 1. The number of anilines is 1. The van der Waals surface area contributed by atoms with E-state index in [1.807, 2.05) is 6.07 Å². The van der Waals surface area contributed by atoms with E-state index >= 15 is 0 Å². The summed E-state index contributed by atoms with van der Waals surface area (Å²) in [5.74, 6) is 1.58. The lowest BCUT2D eigenvalue weighted by Gasteiger charge is -2.29. The molecule has 1 unspecified atom stereocenters. The van der Waals surface area contributed by atoms with Crippen molar-refractivity contribution < 1.29 is 0 Å². The Morgan fingerprint density at radius 1 is 1.35 bits per heavy atom. The summed E-state index contributed by atoms with van der Waals surface area (Å²) in [5, 5.41) is 3.36. The van der Waals surface area contributed by atoms with Crippen LogP contribution in [0.25, 0.3) is 0 Å². The third kappa shape index (κ3) is 4.30. The van der Waals surface area contributed by atoms with E-state index < -0.39 is 0 Å². The summed E-state index contributed by atoms with van der Waals surface area (Å²) in [5.41, 5.74) is 0. The average molecular weight is 234 g/mol. The second-order valence-corrected chi connectivity index (χ2v) is 4.94. The minimum atomic E-state index is 0.656. The summed E-state index contributed by atoms with van der Waals surface area (Å²) in [7, 11) is 0. The molecule has 17 heavy (non-hydrogen) atoms. The number of aromatic nitrogens is 2. The summed E-state index contributed by atoms with van der Waals surface area (Å²) >= 11 is 0. The highest BCUT2D eigenvalue weighted by atomic mass is 15.1. The molecule has 2 heterocycles. The quantitative estimate of drug-likeness (QED) is 0.846. The molecule has 0 saturated carbocycles. The van der Waals surface area contributed by atoms with E-state index in [1.54, 1.807) is 12.5 Å². The molecular weight excluding hydrogens is 212 g/mol. The van der Waals surface area contributed by atoms with Crippen LogP contribution >= 0.6 is 0 Å². The second-order valence-electron chi connectivity index (χ2n) is 4.94. The van der Waals surface area contributed by atoms with Gasteiger partial charge in [0.2, 0.25) is 0 Å². The maximum absolute atomic E-state index is 4.16. The van der Waals surface area contributed by atoms with E-state index in [-0.39, 0.29) is 0 Å².